The average molecular weight is 311 g/mol. The molecule has 1 amide bonds. The molecule has 0 spiro atoms. The summed E-state index contributed by atoms with van der Waals surface area (Å²) in [6.45, 7) is 5.74. The van der Waals surface area contributed by atoms with E-state index >= 15 is 0 Å². The van der Waals surface area contributed by atoms with Gasteiger partial charge in [0.25, 0.3) is 0 Å². The topological polar surface area (TPSA) is 32.3 Å². The summed E-state index contributed by atoms with van der Waals surface area (Å²) in [5.74, 6) is 0.199. The molecule has 0 aromatic heterocycles. The number of nitrogens with zero attached hydrogens (tertiary/aromatic N) is 1. The molecule has 0 radical (unpaired) electrons. The second-order valence-corrected chi connectivity index (χ2v) is 5.53. The van der Waals surface area contributed by atoms with Crippen molar-refractivity contribution >= 4 is 27.5 Å². The van der Waals surface area contributed by atoms with Crippen LogP contribution in [0.15, 0.2) is 22.7 Å². The molecule has 1 atom stereocenters. The van der Waals surface area contributed by atoms with Gasteiger partial charge in [-0.3, -0.25) is 4.79 Å². The lowest BCUT2D eigenvalue weighted by Gasteiger charge is -2.32. The third-order valence-electron chi connectivity index (χ3n) is 3.34. The first-order chi connectivity index (χ1) is 8.63. The number of anilines is 1. The average Bonchev–Trinajstić information content (AvgIpc) is 2.36. The van der Waals surface area contributed by atoms with E-state index in [1.54, 1.807) is 0 Å². The molecule has 98 valence electrons. The van der Waals surface area contributed by atoms with Gasteiger partial charge in [-0.15, -0.1) is 0 Å². The number of hydrogen-bond donors (Lipinski definition) is 1. The fourth-order valence-corrected chi connectivity index (χ4v) is 2.61. The highest BCUT2D eigenvalue weighted by Gasteiger charge is 2.28. The van der Waals surface area contributed by atoms with Gasteiger partial charge in [-0.05, 0) is 50.1 Å². The smallest absolute Gasteiger partial charge is 0.244 e. The van der Waals surface area contributed by atoms with Crippen molar-refractivity contribution < 1.29 is 4.79 Å². The van der Waals surface area contributed by atoms with E-state index in [1.807, 2.05) is 30.9 Å². The van der Waals surface area contributed by atoms with Gasteiger partial charge in [-0.1, -0.05) is 22.9 Å². The fraction of sp³-hybridized carbons (Fsp3) is 0.500. The van der Waals surface area contributed by atoms with E-state index in [0.29, 0.717) is 0 Å². The Balaban J connectivity index is 2.21. The van der Waals surface area contributed by atoms with Crippen LogP contribution in [0.4, 0.5) is 5.69 Å². The molecule has 3 nitrogen and oxygen atoms in total. The number of carbonyl (C=O) groups is 1. The van der Waals surface area contributed by atoms with Crippen molar-refractivity contribution in [3.05, 3.63) is 28.2 Å². The number of likely N-dealkylation sites (N-methyl/N-ethyl adjacent to an activating group) is 1. The maximum absolute atomic E-state index is 12.4. The number of benzene rings is 1. The normalized spacial score (nSPS) is 20.3. The zero-order chi connectivity index (χ0) is 13.1. The van der Waals surface area contributed by atoms with Gasteiger partial charge in [0.15, 0.2) is 0 Å². The highest BCUT2D eigenvalue weighted by atomic mass is 79.9. The molecule has 18 heavy (non-hydrogen) atoms. The van der Waals surface area contributed by atoms with Crippen molar-refractivity contribution in [1.29, 1.82) is 0 Å². The summed E-state index contributed by atoms with van der Waals surface area (Å²) in [7, 11) is 0. The van der Waals surface area contributed by atoms with E-state index in [-0.39, 0.29) is 11.9 Å². The monoisotopic (exact) mass is 310 g/mol. The van der Waals surface area contributed by atoms with Gasteiger partial charge in [0.2, 0.25) is 5.91 Å². The number of hydrogen-bond acceptors (Lipinski definition) is 2. The van der Waals surface area contributed by atoms with Gasteiger partial charge in [-0.2, -0.15) is 0 Å². The predicted molar refractivity (Wildman–Crippen MR) is 77.9 cm³/mol. The van der Waals surface area contributed by atoms with Crippen LogP contribution in [0.1, 0.15) is 25.3 Å². The maximum atomic E-state index is 12.4. The largest absolute Gasteiger partial charge is 0.311 e. The molecule has 1 heterocycles. The fourth-order valence-electron chi connectivity index (χ4n) is 2.36. The molecule has 1 aliphatic heterocycles. The Morgan fingerprint density at radius 1 is 1.50 bits per heavy atom. The lowest BCUT2D eigenvalue weighted by atomic mass is 10.0. The van der Waals surface area contributed by atoms with Crippen LogP contribution in [0.2, 0.25) is 0 Å². The van der Waals surface area contributed by atoms with Crippen LogP contribution >= 0.6 is 15.9 Å². The van der Waals surface area contributed by atoms with E-state index in [2.05, 4.69) is 27.3 Å². The standard InChI is InChI=1S/C14H19BrN2O/c1-3-16-13-5-4-8-17(14(13)18)11-6-7-12(15)10(2)9-11/h6-7,9,13,16H,3-5,8H2,1-2H3. The van der Waals surface area contributed by atoms with Crippen LogP contribution < -0.4 is 10.2 Å². The quantitative estimate of drug-likeness (QED) is 0.931. The summed E-state index contributed by atoms with van der Waals surface area (Å²) in [6, 6.07) is 6.06. The number of aryl methyl sites for hydroxylation is 1. The van der Waals surface area contributed by atoms with Crippen molar-refractivity contribution in [1.82, 2.24) is 5.32 Å². The third-order valence-corrected chi connectivity index (χ3v) is 4.23. The van der Waals surface area contributed by atoms with Crippen LogP contribution in [0.5, 0.6) is 0 Å². The summed E-state index contributed by atoms with van der Waals surface area (Å²) >= 11 is 3.49. The molecule has 1 aliphatic rings. The van der Waals surface area contributed by atoms with E-state index in [1.165, 1.54) is 0 Å². The third kappa shape index (κ3) is 2.75. The Labute approximate surface area is 117 Å². The van der Waals surface area contributed by atoms with Crippen LogP contribution in [-0.2, 0) is 4.79 Å². The molecule has 1 aromatic carbocycles. The molecular formula is C14H19BrN2O. The molecule has 0 bridgehead atoms. The Bertz CT molecular complexity index is 445. The Kier molecular flexibility index (Phi) is 4.40. The van der Waals surface area contributed by atoms with E-state index in [4.69, 9.17) is 0 Å². The molecule has 1 N–H and O–H groups in total. The van der Waals surface area contributed by atoms with Crippen molar-refractivity contribution in [2.45, 2.75) is 32.7 Å². The molecule has 0 aliphatic carbocycles. The second kappa shape index (κ2) is 5.85. The van der Waals surface area contributed by atoms with Gasteiger partial charge in [0.1, 0.15) is 0 Å². The van der Waals surface area contributed by atoms with Gasteiger partial charge >= 0.3 is 0 Å². The summed E-state index contributed by atoms with van der Waals surface area (Å²) in [4.78, 5) is 14.3. The highest BCUT2D eigenvalue weighted by molar-refractivity contribution is 9.10. The first-order valence-electron chi connectivity index (χ1n) is 6.44. The highest BCUT2D eigenvalue weighted by Crippen LogP contribution is 2.26. The minimum atomic E-state index is -0.0206. The minimum Gasteiger partial charge on any atom is -0.311 e. The zero-order valence-corrected chi connectivity index (χ0v) is 12.5. The van der Waals surface area contributed by atoms with Crippen LogP contribution in [0.25, 0.3) is 0 Å². The van der Waals surface area contributed by atoms with Crippen molar-refractivity contribution in [3.63, 3.8) is 0 Å². The minimum absolute atomic E-state index is 0.0206. The number of rotatable bonds is 3. The lowest BCUT2D eigenvalue weighted by molar-refractivity contribution is -0.121. The second-order valence-electron chi connectivity index (χ2n) is 4.68. The number of amides is 1. The van der Waals surface area contributed by atoms with Crippen molar-refractivity contribution in [2.75, 3.05) is 18.0 Å². The van der Waals surface area contributed by atoms with Gasteiger partial charge in [0.05, 0.1) is 6.04 Å². The number of piperidine rings is 1. The molecule has 4 heteroatoms. The zero-order valence-electron chi connectivity index (χ0n) is 10.9. The van der Waals surface area contributed by atoms with E-state index in [9.17, 15) is 4.79 Å². The Hall–Kier alpha value is -0.870. The molecule has 1 unspecified atom stereocenters. The van der Waals surface area contributed by atoms with Gasteiger partial charge in [0, 0.05) is 16.7 Å². The summed E-state index contributed by atoms with van der Waals surface area (Å²) in [5.41, 5.74) is 2.16. The summed E-state index contributed by atoms with van der Waals surface area (Å²) < 4.78 is 1.08. The molecule has 1 aromatic rings. The summed E-state index contributed by atoms with van der Waals surface area (Å²) in [6.07, 6.45) is 2.00. The molecule has 0 saturated carbocycles. The SMILES string of the molecule is CCNC1CCCN(c2ccc(Br)c(C)c2)C1=O. The number of nitrogens with one attached hydrogen (secondary N) is 1. The van der Waals surface area contributed by atoms with Gasteiger partial charge < -0.3 is 10.2 Å². The van der Waals surface area contributed by atoms with Crippen LogP contribution in [-0.4, -0.2) is 25.0 Å². The van der Waals surface area contributed by atoms with Crippen molar-refractivity contribution in [3.8, 4) is 0 Å². The number of carbonyl (C=O) groups excluding carboxylic acids is 1. The predicted octanol–water partition coefficient (Wildman–Crippen LogP) is 2.86. The maximum Gasteiger partial charge on any atom is 0.244 e. The van der Waals surface area contributed by atoms with Crippen molar-refractivity contribution in [2.24, 2.45) is 0 Å². The molecule has 1 fully saturated rings. The molecule has 2 rings (SSSR count). The van der Waals surface area contributed by atoms with E-state index in [0.717, 1.165) is 41.7 Å². The Morgan fingerprint density at radius 2 is 2.28 bits per heavy atom. The molecule has 1 saturated heterocycles. The van der Waals surface area contributed by atoms with Gasteiger partial charge in [-0.25, -0.2) is 0 Å². The Morgan fingerprint density at radius 3 is 2.94 bits per heavy atom. The van der Waals surface area contributed by atoms with Crippen LogP contribution in [0, 0.1) is 6.92 Å². The summed E-state index contributed by atoms with van der Waals surface area (Å²) in [5, 5.41) is 3.26. The molecular weight excluding hydrogens is 292 g/mol. The van der Waals surface area contributed by atoms with Crippen LogP contribution in [0.3, 0.4) is 0 Å². The first kappa shape index (κ1) is 13.6. The number of halogens is 1. The lowest BCUT2D eigenvalue weighted by Crippen LogP contribution is -2.50. The van der Waals surface area contributed by atoms with E-state index < -0.39 is 0 Å². The first-order valence-corrected chi connectivity index (χ1v) is 7.23.